The van der Waals surface area contributed by atoms with Crippen LogP contribution in [0.5, 0.6) is 5.75 Å². The zero-order valence-corrected chi connectivity index (χ0v) is 9.74. The highest BCUT2D eigenvalue weighted by atomic mass is 16.7. The Morgan fingerprint density at radius 3 is 2.67 bits per heavy atom. The molecule has 0 aromatic heterocycles. The molecule has 0 radical (unpaired) electrons. The van der Waals surface area contributed by atoms with Gasteiger partial charge in [0, 0.05) is 6.08 Å². The molecule has 2 rings (SSSR count). The van der Waals surface area contributed by atoms with Crippen molar-refractivity contribution in [2.75, 3.05) is 0 Å². The van der Waals surface area contributed by atoms with Gasteiger partial charge >= 0.3 is 12.3 Å². The summed E-state index contributed by atoms with van der Waals surface area (Å²) in [6.07, 6.45) is 0.410. The fourth-order valence-electron chi connectivity index (χ4n) is 1.36. The minimum Gasteiger partial charge on any atom is -0.479 e. The van der Waals surface area contributed by atoms with Gasteiger partial charge in [0.15, 0.2) is 6.10 Å². The standard InChI is InChI=1S/C13H12O5/c1-9(17-10-5-3-2-4-6-10)12(15)18-13-11(14)7-8-16-13/h2-9,13H,1H3. The van der Waals surface area contributed by atoms with E-state index in [1.807, 2.05) is 6.07 Å². The van der Waals surface area contributed by atoms with Crippen LogP contribution in [0.2, 0.25) is 0 Å². The fraction of sp³-hybridized carbons (Fsp3) is 0.231. The lowest BCUT2D eigenvalue weighted by atomic mass is 10.3. The van der Waals surface area contributed by atoms with Crippen molar-refractivity contribution in [1.82, 2.24) is 0 Å². The first-order chi connectivity index (χ1) is 8.66. The first-order valence-corrected chi connectivity index (χ1v) is 5.45. The molecule has 5 nitrogen and oxygen atoms in total. The summed E-state index contributed by atoms with van der Waals surface area (Å²) >= 11 is 0. The largest absolute Gasteiger partial charge is 0.479 e. The van der Waals surface area contributed by atoms with Crippen molar-refractivity contribution in [3.8, 4) is 5.75 Å². The molecule has 5 heteroatoms. The Morgan fingerprint density at radius 2 is 2.06 bits per heavy atom. The van der Waals surface area contributed by atoms with Crippen LogP contribution in [0.3, 0.4) is 0 Å². The van der Waals surface area contributed by atoms with Crippen molar-refractivity contribution in [3.05, 3.63) is 42.7 Å². The number of ketones is 1. The summed E-state index contributed by atoms with van der Waals surface area (Å²) in [7, 11) is 0. The number of benzene rings is 1. The van der Waals surface area contributed by atoms with E-state index in [0.717, 1.165) is 0 Å². The second-order valence-corrected chi connectivity index (χ2v) is 3.68. The summed E-state index contributed by atoms with van der Waals surface area (Å²) in [5.74, 6) is -0.491. The zero-order valence-electron chi connectivity index (χ0n) is 9.74. The Balaban J connectivity index is 1.87. The molecule has 2 atom stereocenters. The molecule has 0 saturated carbocycles. The van der Waals surface area contributed by atoms with Crippen molar-refractivity contribution < 1.29 is 23.8 Å². The maximum atomic E-state index is 11.6. The molecule has 0 aliphatic carbocycles. The van der Waals surface area contributed by atoms with Gasteiger partial charge in [-0.2, -0.15) is 0 Å². The molecule has 94 valence electrons. The minimum absolute atomic E-state index is 0.393. The average molecular weight is 248 g/mol. The molecule has 0 spiro atoms. The Morgan fingerprint density at radius 1 is 1.33 bits per heavy atom. The van der Waals surface area contributed by atoms with Crippen LogP contribution in [0.25, 0.3) is 0 Å². The number of carbonyl (C=O) groups is 2. The van der Waals surface area contributed by atoms with Gasteiger partial charge < -0.3 is 14.2 Å². The third-order valence-corrected chi connectivity index (χ3v) is 2.28. The molecule has 1 aliphatic rings. The van der Waals surface area contributed by atoms with Gasteiger partial charge in [-0.15, -0.1) is 0 Å². The Kier molecular flexibility index (Phi) is 3.62. The quantitative estimate of drug-likeness (QED) is 0.754. The number of hydrogen-bond donors (Lipinski definition) is 0. The molecule has 0 bridgehead atoms. The maximum absolute atomic E-state index is 11.6. The lowest BCUT2D eigenvalue weighted by Crippen LogP contribution is -2.32. The van der Waals surface area contributed by atoms with E-state index in [1.54, 1.807) is 31.2 Å². The van der Waals surface area contributed by atoms with Crippen molar-refractivity contribution in [2.24, 2.45) is 0 Å². The SMILES string of the molecule is CC(Oc1ccccc1)C(=O)OC1OC=CC1=O. The van der Waals surface area contributed by atoms with Crippen LogP contribution in [0.1, 0.15) is 6.92 Å². The van der Waals surface area contributed by atoms with Crippen LogP contribution in [-0.4, -0.2) is 24.1 Å². The van der Waals surface area contributed by atoms with Crippen LogP contribution >= 0.6 is 0 Å². The van der Waals surface area contributed by atoms with E-state index in [-0.39, 0.29) is 0 Å². The van der Waals surface area contributed by atoms with E-state index in [4.69, 9.17) is 14.2 Å². The number of rotatable bonds is 4. The lowest BCUT2D eigenvalue weighted by molar-refractivity contribution is -0.177. The minimum atomic E-state index is -1.18. The van der Waals surface area contributed by atoms with Crippen LogP contribution in [0.15, 0.2) is 42.7 Å². The maximum Gasteiger partial charge on any atom is 0.350 e. The average Bonchev–Trinajstić information content (AvgIpc) is 2.76. The highest BCUT2D eigenvalue weighted by Gasteiger charge is 2.28. The van der Waals surface area contributed by atoms with Crippen LogP contribution in [0.4, 0.5) is 0 Å². The predicted octanol–water partition coefficient (Wildman–Crippen LogP) is 1.44. The second-order valence-electron chi connectivity index (χ2n) is 3.68. The van der Waals surface area contributed by atoms with Gasteiger partial charge in [0.2, 0.25) is 5.78 Å². The van der Waals surface area contributed by atoms with Crippen LogP contribution in [-0.2, 0) is 19.1 Å². The summed E-state index contributed by atoms with van der Waals surface area (Å²) in [4.78, 5) is 22.8. The van der Waals surface area contributed by atoms with Gasteiger partial charge in [-0.1, -0.05) is 18.2 Å². The monoisotopic (exact) mass is 248 g/mol. The van der Waals surface area contributed by atoms with Gasteiger partial charge in [0.25, 0.3) is 0 Å². The molecule has 1 heterocycles. The first-order valence-electron chi connectivity index (χ1n) is 5.45. The summed E-state index contributed by atoms with van der Waals surface area (Å²) in [5, 5.41) is 0. The molecular weight excluding hydrogens is 236 g/mol. The fourth-order valence-corrected chi connectivity index (χ4v) is 1.36. The Hall–Kier alpha value is -2.30. The molecule has 0 amide bonds. The van der Waals surface area contributed by atoms with Gasteiger partial charge in [0.1, 0.15) is 5.75 Å². The van der Waals surface area contributed by atoms with Crippen molar-refractivity contribution in [1.29, 1.82) is 0 Å². The van der Waals surface area contributed by atoms with Crippen LogP contribution in [0, 0.1) is 0 Å². The number of esters is 1. The van der Waals surface area contributed by atoms with E-state index < -0.39 is 24.1 Å². The number of hydrogen-bond acceptors (Lipinski definition) is 5. The highest BCUT2D eigenvalue weighted by molar-refractivity contribution is 5.95. The van der Waals surface area contributed by atoms with Gasteiger partial charge in [-0.25, -0.2) is 4.79 Å². The molecule has 1 aliphatic heterocycles. The number of ether oxygens (including phenoxy) is 3. The van der Waals surface area contributed by atoms with E-state index >= 15 is 0 Å². The summed E-state index contributed by atoms with van der Waals surface area (Å²) in [6, 6.07) is 8.87. The summed E-state index contributed by atoms with van der Waals surface area (Å²) in [6.45, 7) is 1.54. The van der Waals surface area contributed by atoms with Gasteiger partial charge in [-0.05, 0) is 19.1 Å². The van der Waals surface area contributed by atoms with E-state index in [1.165, 1.54) is 12.3 Å². The molecule has 0 fully saturated rings. The normalized spacial score (nSPS) is 19.2. The third kappa shape index (κ3) is 2.88. The van der Waals surface area contributed by atoms with E-state index in [9.17, 15) is 9.59 Å². The highest BCUT2D eigenvalue weighted by Crippen LogP contribution is 2.13. The molecule has 0 saturated heterocycles. The lowest BCUT2D eigenvalue weighted by Gasteiger charge is -2.16. The molecular formula is C13H12O5. The summed E-state index contributed by atoms with van der Waals surface area (Å²) in [5.41, 5.74) is 0. The van der Waals surface area contributed by atoms with Crippen molar-refractivity contribution in [3.63, 3.8) is 0 Å². The number of carbonyl (C=O) groups excluding carboxylic acids is 2. The Bertz CT molecular complexity index is 466. The molecule has 1 aromatic carbocycles. The topological polar surface area (TPSA) is 61.8 Å². The molecule has 0 N–H and O–H groups in total. The molecule has 18 heavy (non-hydrogen) atoms. The Labute approximate surface area is 104 Å². The first kappa shape index (κ1) is 12.2. The second kappa shape index (κ2) is 5.35. The predicted molar refractivity (Wildman–Crippen MR) is 61.6 cm³/mol. The van der Waals surface area contributed by atoms with Gasteiger partial charge in [0.05, 0.1) is 6.26 Å². The molecule has 2 unspecified atom stereocenters. The molecule has 1 aromatic rings. The van der Waals surface area contributed by atoms with Crippen molar-refractivity contribution in [2.45, 2.75) is 19.3 Å². The number of para-hydroxylation sites is 1. The van der Waals surface area contributed by atoms with Crippen molar-refractivity contribution >= 4 is 11.8 Å². The zero-order chi connectivity index (χ0) is 13.0. The van der Waals surface area contributed by atoms with E-state index in [0.29, 0.717) is 5.75 Å². The van der Waals surface area contributed by atoms with Gasteiger partial charge in [-0.3, -0.25) is 4.79 Å². The van der Waals surface area contributed by atoms with E-state index in [2.05, 4.69) is 0 Å². The smallest absolute Gasteiger partial charge is 0.350 e. The van der Waals surface area contributed by atoms with Crippen LogP contribution < -0.4 is 4.74 Å². The summed E-state index contributed by atoms with van der Waals surface area (Å²) < 4.78 is 15.0. The third-order valence-electron chi connectivity index (χ3n) is 2.28.